The van der Waals surface area contributed by atoms with Crippen LogP contribution in [-0.4, -0.2) is 38.4 Å². The SMILES string of the molecule is CCC(=Cc1cccc([N+](=O)[O-])c1)C(=O)N1CCC(c2nccn2Cc2cc(Cl)ccc2Cl)CC1. The standard InChI is InChI=1S/C26H26Cl2N4O3/c1-2-19(14-18-4-3-5-23(15-18)32(34)35)26(33)30-11-8-20(9-12-30)25-29-10-13-31(25)17-21-16-22(27)6-7-24(21)28/h3-7,10,13-16,20H,2,8-9,11-12,17H2,1H3. The molecule has 7 nitrogen and oxygen atoms in total. The summed E-state index contributed by atoms with van der Waals surface area (Å²) in [5.41, 5.74) is 2.24. The van der Waals surface area contributed by atoms with Crippen LogP contribution in [0.2, 0.25) is 10.0 Å². The number of hydrogen-bond donors (Lipinski definition) is 0. The van der Waals surface area contributed by atoms with Gasteiger partial charge in [0.25, 0.3) is 5.69 Å². The number of halogens is 2. The number of carbonyl (C=O) groups excluding carboxylic acids is 1. The van der Waals surface area contributed by atoms with Crippen molar-refractivity contribution >= 4 is 40.9 Å². The first kappa shape index (κ1) is 24.9. The number of piperidine rings is 1. The van der Waals surface area contributed by atoms with Gasteiger partial charge in [0.1, 0.15) is 5.82 Å². The van der Waals surface area contributed by atoms with Crippen LogP contribution in [0.1, 0.15) is 49.1 Å². The number of hydrogen-bond acceptors (Lipinski definition) is 4. The van der Waals surface area contributed by atoms with Crippen molar-refractivity contribution < 1.29 is 9.72 Å². The number of benzene rings is 2. The van der Waals surface area contributed by atoms with E-state index in [1.54, 1.807) is 36.5 Å². The van der Waals surface area contributed by atoms with Crippen LogP contribution in [-0.2, 0) is 11.3 Å². The normalized spacial score (nSPS) is 14.8. The van der Waals surface area contributed by atoms with E-state index in [9.17, 15) is 14.9 Å². The van der Waals surface area contributed by atoms with Crippen molar-refractivity contribution in [3.63, 3.8) is 0 Å². The van der Waals surface area contributed by atoms with E-state index in [0.717, 1.165) is 24.2 Å². The molecule has 3 aromatic rings. The van der Waals surface area contributed by atoms with Crippen LogP contribution in [0.4, 0.5) is 5.69 Å². The van der Waals surface area contributed by atoms with Gasteiger partial charge in [-0.25, -0.2) is 4.98 Å². The molecule has 35 heavy (non-hydrogen) atoms. The monoisotopic (exact) mass is 512 g/mol. The molecule has 0 atom stereocenters. The van der Waals surface area contributed by atoms with Crippen LogP contribution in [0.3, 0.4) is 0 Å². The summed E-state index contributed by atoms with van der Waals surface area (Å²) in [7, 11) is 0. The van der Waals surface area contributed by atoms with Gasteiger partial charge in [-0.3, -0.25) is 14.9 Å². The summed E-state index contributed by atoms with van der Waals surface area (Å²) in [5.74, 6) is 1.19. The van der Waals surface area contributed by atoms with Crippen LogP contribution in [0.5, 0.6) is 0 Å². The number of carbonyl (C=O) groups is 1. The minimum atomic E-state index is -0.431. The second kappa shape index (κ2) is 11.1. The maximum atomic E-state index is 13.2. The smallest absolute Gasteiger partial charge is 0.270 e. The molecular formula is C26H26Cl2N4O3. The number of rotatable bonds is 7. The molecule has 1 amide bonds. The van der Waals surface area contributed by atoms with Crippen molar-refractivity contribution in [1.82, 2.24) is 14.5 Å². The second-order valence-electron chi connectivity index (χ2n) is 8.59. The van der Waals surface area contributed by atoms with E-state index >= 15 is 0 Å². The Labute approximate surface area is 214 Å². The molecule has 1 saturated heterocycles. The van der Waals surface area contributed by atoms with Crippen molar-refractivity contribution in [3.05, 3.63) is 97.5 Å². The molecule has 1 aromatic heterocycles. The van der Waals surface area contributed by atoms with Gasteiger partial charge in [-0.1, -0.05) is 42.3 Å². The molecule has 2 heterocycles. The lowest BCUT2D eigenvalue weighted by molar-refractivity contribution is -0.384. The summed E-state index contributed by atoms with van der Waals surface area (Å²) in [4.78, 5) is 30.3. The highest BCUT2D eigenvalue weighted by Gasteiger charge is 2.27. The fraction of sp³-hybridized carbons (Fsp3) is 0.308. The van der Waals surface area contributed by atoms with Gasteiger partial charge in [0.2, 0.25) is 5.91 Å². The average Bonchev–Trinajstić information content (AvgIpc) is 3.32. The molecule has 9 heteroatoms. The molecule has 2 aromatic carbocycles. The summed E-state index contributed by atoms with van der Waals surface area (Å²) in [6.45, 7) is 3.76. The number of likely N-dealkylation sites (tertiary alicyclic amines) is 1. The summed E-state index contributed by atoms with van der Waals surface area (Å²) in [6, 6.07) is 11.8. The molecule has 4 rings (SSSR count). The number of nitro benzene ring substituents is 1. The molecular weight excluding hydrogens is 487 g/mol. The van der Waals surface area contributed by atoms with Gasteiger partial charge < -0.3 is 9.47 Å². The molecule has 1 aliphatic heterocycles. The number of amides is 1. The largest absolute Gasteiger partial charge is 0.339 e. The molecule has 1 aliphatic rings. The third-order valence-corrected chi connectivity index (χ3v) is 6.92. The van der Waals surface area contributed by atoms with Crippen LogP contribution in [0.15, 0.2) is 60.4 Å². The zero-order valence-electron chi connectivity index (χ0n) is 19.4. The van der Waals surface area contributed by atoms with Crippen molar-refractivity contribution in [2.45, 2.75) is 38.6 Å². The van der Waals surface area contributed by atoms with Crippen LogP contribution < -0.4 is 0 Å². The minimum Gasteiger partial charge on any atom is -0.339 e. The Morgan fingerprint density at radius 2 is 1.97 bits per heavy atom. The number of nitro groups is 1. The topological polar surface area (TPSA) is 81.3 Å². The van der Waals surface area contributed by atoms with E-state index in [-0.39, 0.29) is 17.5 Å². The van der Waals surface area contributed by atoms with Gasteiger partial charge in [0.05, 0.1) is 11.5 Å². The van der Waals surface area contributed by atoms with Crippen molar-refractivity contribution in [3.8, 4) is 0 Å². The van der Waals surface area contributed by atoms with Crippen molar-refractivity contribution in [2.24, 2.45) is 0 Å². The van der Waals surface area contributed by atoms with Crippen LogP contribution in [0.25, 0.3) is 6.08 Å². The molecule has 0 unspecified atom stereocenters. The molecule has 0 bridgehead atoms. The Hall–Kier alpha value is -3.16. The van der Waals surface area contributed by atoms with Gasteiger partial charge in [-0.15, -0.1) is 0 Å². The number of imidazole rings is 1. The van der Waals surface area contributed by atoms with E-state index in [1.165, 1.54) is 12.1 Å². The highest BCUT2D eigenvalue weighted by atomic mass is 35.5. The van der Waals surface area contributed by atoms with E-state index in [1.807, 2.05) is 24.1 Å². The maximum absolute atomic E-state index is 13.2. The fourth-order valence-corrected chi connectivity index (χ4v) is 4.82. The number of nitrogens with zero attached hydrogens (tertiary/aromatic N) is 4. The van der Waals surface area contributed by atoms with E-state index in [4.69, 9.17) is 23.2 Å². The lowest BCUT2D eigenvalue weighted by atomic mass is 9.95. The van der Waals surface area contributed by atoms with Crippen molar-refractivity contribution in [2.75, 3.05) is 13.1 Å². The van der Waals surface area contributed by atoms with Crippen LogP contribution >= 0.6 is 23.2 Å². The summed E-state index contributed by atoms with van der Waals surface area (Å²) in [6.07, 6.45) is 7.65. The van der Waals surface area contributed by atoms with Gasteiger partial charge in [-0.2, -0.15) is 0 Å². The number of aromatic nitrogens is 2. The average molecular weight is 513 g/mol. The summed E-state index contributed by atoms with van der Waals surface area (Å²) < 4.78 is 2.10. The minimum absolute atomic E-state index is 0.0111. The highest BCUT2D eigenvalue weighted by molar-refractivity contribution is 6.33. The Morgan fingerprint density at radius 3 is 2.69 bits per heavy atom. The first-order chi connectivity index (χ1) is 16.9. The molecule has 0 aliphatic carbocycles. The number of non-ortho nitro benzene ring substituents is 1. The predicted octanol–water partition coefficient (Wildman–Crippen LogP) is 6.35. The lowest BCUT2D eigenvalue weighted by Crippen LogP contribution is -2.39. The van der Waals surface area contributed by atoms with Gasteiger partial charge in [0.15, 0.2) is 0 Å². The fourth-order valence-electron chi connectivity index (χ4n) is 4.45. The Balaban J connectivity index is 1.43. The first-order valence-corrected chi connectivity index (χ1v) is 12.3. The predicted molar refractivity (Wildman–Crippen MR) is 138 cm³/mol. The molecule has 1 fully saturated rings. The summed E-state index contributed by atoms with van der Waals surface area (Å²) in [5, 5.41) is 12.4. The highest BCUT2D eigenvalue weighted by Crippen LogP contribution is 2.30. The van der Waals surface area contributed by atoms with E-state index in [2.05, 4.69) is 9.55 Å². The Morgan fingerprint density at radius 1 is 1.20 bits per heavy atom. The van der Waals surface area contributed by atoms with Crippen molar-refractivity contribution in [1.29, 1.82) is 0 Å². The van der Waals surface area contributed by atoms with Gasteiger partial charge in [-0.05, 0) is 54.7 Å². The zero-order valence-corrected chi connectivity index (χ0v) is 20.9. The van der Waals surface area contributed by atoms with E-state index in [0.29, 0.717) is 47.2 Å². The molecule has 0 N–H and O–H groups in total. The molecule has 0 spiro atoms. The molecule has 0 saturated carbocycles. The maximum Gasteiger partial charge on any atom is 0.270 e. The lowest BCUT2D eigenvalue weighted by Gasteiger charge is -2.32. The third-order valence-electron chi connectivity index (χ3n) is 6.32. The van der Waals surface area contributed by atoms with Gasteiger partial charge in [0, 0.05) is 59.2 Å². The quantitative estimate of drug-likeness (QED) is 0.210. The Bertz CT molecular complexity index is 1260. The third kappa shape index (κ3) is 5.92. The summed E-state index contributed by atoms with van der Waals surface area (Å²) >= 11 is 12.5. The molecule has 0 radical (unpaired) electrons. The van der Waals surface area contributed by atoms with Crippen LogP contribution in [0, 0.1) is 10.1 Å². The Kier molecular flexibility index (Phi) is 7.88. The van der Waals surface area contributed by atoms with E-state index < -0.39 is 4.92 Å². The zero-order chi connectivity index (χ0) is 24.9. The van der Waals surface area contributed by atoms with Gasteiger partial charge >= 0.3 is 0 Å². The molecule has 182 valence electrons. The second-order valence-corrected chi connectivity index (χ2v) is 9.43. The first-order valence-electron chi connectivity index (χ1n) is 11.5.